The molecule has 1 fully saturated rings. The number of carbonyl (C=O) groups excluding carboxylic acids is 2. The maximum absolute atomic E-state index is 13.3. The minimum Gasteiger partial charge on any atom is -0.508 e. The van der Waals surface area contributed by atoms with E-state index in [1.54, 1.807) is 42.5 Å². The number of phenols is 1. The molecule has 174 valence electrons. The van der Waals surface area contributed by atoms with Crippen molar-refractivity contribution in [2.45, 2.75) is 19.9 Å². The SMILES string of the molecule is COc1ccc(N2C(=O)C(=O)/C(=C(/O)c3cc(C)cc(C)c3OC)C2c2ccc(O)cc2)cc1. The number of aliphatic hydroxyl groups is 1. The Morgan fingerprint density at radius 1 is 0.912 bits per heavy atom. The lowest BCUT2D eigenvalue weighted by atomic mass is 9.93. The molecular formula is C27H25NO6. The van der Waals surface area contributed by atoms with Crippen molar-refractivity contribution in [2.75, 3.05) is 19.1 Å². The van der Waals surface area contributed by atoms with Crippen LogP contribution in [0, 0.1) is 13.8 Å². The first kappa shape index (κ1) is 22.9. The van der Waals surface area contributed by atoms with Gasteiger partial charge in [-0.1, -0.05) is 18.2 Å². The summed E-state index contributed by atoms with van der Waals surface area (Å²) in [5.74, 6) is -0.845. The zero-order valence-corrected chi connectivity index (χ0v) is 19.3. The molecule has 2 N–H and O–H groups in total. The van der Waals surface area contributed by atoms with Crippen molar-refractivity contribution in [1.82, 2.24) is 0 Å². The molecule has 1 aliphatic heterocycles. The molecular weight excluding hydrogens is 434 g/mol. The fourth-order valence-electron chi connectivity index (χ4n) is 4.36. The number of rotatable bonds is 5. The van der Waals surface area contributed by atoms with Crippen molar-refractivity contribution in [3.63, 3.8) is 0 Å². The topological polar surface area (TPSA) is 96.3 Å². The van der Waals surface area contributed by atoms with Gasteiger partial charge >= 0.3 is 0 Å². The number of amides is 1. The van der Waals surface area contributed by atoms with Crippen LogP contribution in [0.1, 0.15) is 28.3 Å². The Hall–Kier alpha value is -4.26. The zero-order chi connectivity index (χ0) is 24.6. The van der Waals surface area contributed by atoms with Gasteiger partial charge in [-0.3, -0.25) is 14.5 Å². The predicted molar refractivity (Wildman–Crippen MR) is 128 cm³/mol. The third kappa shape index (κ3) is 3.85. The number of phenolic OH excluding ortho intramolecular Hbond substituents is 1. The number of ether oxygens (including phenoxy) is 2. The van der Waals surface area contributed by atoms with Crippen LogP contribution in [0.2, 0.25) is 0 Å². The smallest absolute Gasteiger partial charge is 0.300 e. The predicted octanol–water partition coefficient (Wildman–Crippen LogP) is 4.65. The summed E-state index contributed by atoms with van der Waals surface area (Å²) in [4.78, 5) is 27.9. The third-order valence-corrected chi connectivity index (χ3v) is 5.88. The number of Topliss-reactive ketones (excluding diaryl/α,β-unsaturated/α-hetero) is 1. The first-order chi connectivity index (χ1) is 16.3. The molecule has 3 aromatic rings. The van der Waals surface area contributed by atoms with Gasteiger partial charge in [-0.25, -0.2) is 0 Å². The van der Waals surface area contributed by atoms with Crippen molar-refractivity contribution in [2.24, 2.45) is 0 Å². The van der Waals surface area contributed by atoms with E-state index >= 15 is 0 Å². The first-order valence-corrected chi connectivity index (χ1v) is 10.7. The molecule has 0 radical (unpaired) electrons. The molecule has 0 aliphatic carbocycles. The Morgan fingerprint density at radius 2 is 1.56 bits per heavy atom. The minimum absolute atomic E-state index is 0.0427. The highest BCUT2D eigenvalue weighted by Gasteiger charge is 2.47. The van der Waals surface area contributed by atoms with E-state index < -0.39 is 17.7 Å². The number of ketones is 1. The van der Waals surface area contributed by atoms with Gasteiger partial charge in [0, 0.05) is 5.69 Å². The Kier molecular flexibility index (Phi) is 6.03. The quantitative estimate of drug-likeness (QED) is 0.328. The lowest BCUT2D eigenvalue weighted by Crippen LogP contribution is -2.29. The molecule has 1 amide bonds. The molecule has 1 saturated heterocycles. The van der Waals surface area contributed by atoms with Gasteiger partial charge in [0.25, 0.3) is 11.7 Å². The molecule has 4 rings (SSSR count). The van der Waals surface area contributed by atoms with Crippen molar-refractivity contribution in [3.05, 3.63) is 88.5 Å². The summed E-state index contributed by atoms with van der Waals surface area (Å²) in [6.07, 6.45) is 0. The molecule has 0 spiro atoms. The van der Waals surface area contributed by atoms with Crippen molar-refractivity contribution < 1.29 is 29.3 Å². The van der Waals surface area contributed by atoms with Gasteiger partial charge in [-0.15, -0.1) is 0 Å². The largest absolute Gasteiger partial charge is 0.508 e. The van der Waals surface area contributed by atoms with E-state index in [0.29, 0.717) is 28.3 Å². The van der Waals surface area contributed by atoms with Crippen molar-refractivity contribution in [1.29, 1.82) is 0 Å². The van der Waals surface area contributed by atoms with Crippen LogP contribution in [0.5, 0.6) is 17.2 Å². The molecule has 0 aromatic heterocycles. The highest BCUT2D eigenvalue weighted by Crippen LogP contribution is 2.44. The first-order valence-electron chi connectivity index (χ1n) is 10.7. The average molecular weight is 459 g/mol. The van der Waals surface area contributed by atoms with Gasteiger partial charge in [-0.05, 0) is 73.0 Å². The number of carbonyl (C=O) groups is 2. The molecule has 0 bridgehead atoms. The standard InChI is InChI=1S/C27H25NO6/c1-15-13-16(2)26(34-4)21(14-15)24(30)22-23(17-5-9-19(29)10-6-17)28(27(32)25(22)31)18-7-11-20(33-3)12-8-18/h5-14,23,29-30H,1-4H3/b24-22+. The lowest BCUT2D eigenvalue weighted by Gasteiger charge is -2.26. The summed E-state index contributed by atoms with van der Waals surface area (Å²) in [5, 5.41) is 21.2. The normalized spacial score (nSPS) is 17.2. The Bertz CT molecular complexity index is 1290. The summed E-state index contributed by atoms with van der Waals surface area (Å²) < 4.78 is 10.7. The van der Waals surface area contributed by atoms with E-state index in [9.17, 15) is 19.8 Å². The fraction of sp³-hybridized carbons (Fsp3) is 0.185. The van der Waals surface area contributed by atoms with E-state index in [2.05, 4.69) is 0 Å². The van der Waals surface area contributed by atoms with Gasteiger partial charge < -0.3 is 19.7 Å². The molecule has 1 atom stereocenters. The van der Waals surface area contributed by atoms with E-state index in [-0.39, 0.29) is 17.1 Å². The fourth-order valence-corrected chi connectivity index (χ4v) is 4.36. The van der Waals surface area contributed by atoms with Crippen molar-refractivity contribution >= 4 is 23.1 Å². The van der Waals surface area contributed by atoms with E-state index in [1.807, 2.05) is 19.9 Å². The summed E-state index contributed by atoms with van der Waals surface area (Å²) in [7, 11) is 3.02. The number of aromatic hydroxyl groups is 1. The average Bonchev–Trinajstić information content (AvgIpc) is 3.09. The van der Waals surface area contributed by atoms with Gasteiger partial charge in [0.15, 0.2) is 0 Å². The van der Waals surface area contributed by atoms with Crippen LogP contribution < -0.4 is 14.4 Å². The van der Waals surface area contributed by atoms with Crippen LogP contribution >= 0.6 is 0 Å². The van der Waals surface area contributed by atoms with Crippen LogP contribution in [0.3, 0.4) is 0 Å². The highest BCUT2D eigenvalue weighted by molar-refractivity contribution is 6.51. The molecule has 1 unspecified atom stereocenters. The van der Waals surface area contributed by atoms with Crippen LogP contribution in [-0.4, -0.2) is 36.1 Å². The van der Waals surface area contributed by atoms with Gasteiger partial charge in [-0.2, -0.15) is 0 Å². The summed E-state index contributed by atoms with van der Waals surface area (Å²) in [5.41, 5.74) is 2.94. The number of nitrogens with zero attached hydrogens (tertiary/aromatic N) is 1. The number of hydrogen-bond donors (Lipinski definition) is 2. The number of hydrogen-bond acceptors (Lipinski definition) is 6. The molecule has 3 aromatic carbocycles. The van der Waals surface area contributed by atoms with Gasteiger partial charge in [0.05, 0.1) is 31.4 Å². The number of aryl methyl sites for hydroxylation is 2. The Labute approximate surface area is 197 Å². The number of anilines is 1. The molecule has 0 saturated carbocycles. The summed E-state index contributed by atoms with van der Waals surface area (Å²) >= 11 is 0. The highest BCUT2D eigenvalue weighted by atomic mass is 16.5. The number of methoxy groups -OCH3 is 2. The van der Waals surface area contributed by atoms with E-state index in [1.165, 1.54) is 31.3 Å². The van der Waals surface area contributed by atoms with E-state index in [0.717, 1.165) is 11.1 Å². The van der Waals surface area contributed by atoms with Gasteiger partial charge in [0.2, 0.25) is 0 Å². The molecule has 34 heavy (non-hydrogen) atoms. The second-order valence-corrected chi connectivity index (χ2v) is 8.12. The van der Waals surface area contributed by atoms with E-state index in [4.69, 9.17) is 9.47 Å². The lowest BCUT2D eigenvalue weighted by molar-refractivity contribution is -0.132. The zero-order valence-electron chi connectivity index (χ0n) is 19.3. The molecule has 1 heterocycles. The minimum atomic E-state index is -0.917. The van der Waals surface area contributed by atoms with Crippen LogP contribution in [0.4, 0.5) is 5.69 Å². The molecule has 7 nitrogen and oxygen atoms in total. The second-order valence-electron chi connectivity index (χ2n) is 8.12. The maximum atomic E-state index is 13.3. The Morgan fingerprint density at radius 3 is 2.15 bits per heavy atom. The monoisotopic (exact) mass is 459 g/mol. The van der Waals surface area contributed by atoms with Gasteiger partial charge in [0.1, 0.15) is 23.0 Å². The third-order valence-electron chi connectivity index (χ3n) is 5.88. The van der Waals surface area contributed by atoms with Crippen molar-refractivity contribution in [3.8, 4) is 17.2 Å². The molecule has 1 aliphatic rings. The maximum Gasteiger partial charge on any atom is 0.300 e. The number of benzene rings is 3. The summed E-state index contributed by atoms with van der Waals surface area (Å²) in [6.45, 7) is 3.71. The van der Waals surface area contributed by atoms with Crippen LogP contribution in [-0.2, 0) is 9.59 Å². The summed E-state index contributed by atoms with van der Waals surface area (Å²) in [6, 6.07) is 15.6. The second kappa shape index (κ2) is 8.94. The Balaban J connectivity index is 1.98. The van der Waals surface area contributed by atoms with Crippen LogP contribution in [0.25, 0.3) is 5.76 Å². The number of aliphatic hydroxyl groups excluding tert-OH is 1. The van der Waals surface area contributed by atoms with Crippen LogP contribution in [0.15, 0.2) is 66.2 Å². The molecule has 7 heteroatoms.